The van der Waals surface area contributed by atoms with Gasteiger partial charge in [0.2, 0.25) is 5.91 Å². The van der Waals surface area contributed by atoms with Crippen molar-refractivity contribution in [2.45, 2.75) is 22.3 Å². The predicted molar refractivity (Wildman–Crippen MR) is 102 cm³/mol. The van der Waals surface area contributed by atoms with Crippen molar-refractivity contribution < 1.29 is 21.6 Å². The Labute approximate surface area is 162 Å². The average Bonchev–Trinajstić information content (AvgIpc) is 2.94. The van der Waals surface area contributed by atoms with E-state index in [-0.39, 0.29) is 34.3 Å². The molecular weight excluding hydrogens is 402 g/mol. The first kappa shape index (κ1) is 18.6. The summed E-state index contributed by atoms with van der Waals surface area (Å²) in [5.74, 6) is -0.344. The third-order valence-corrected chi connectivity index (χ3v) is 7.90. The quantitative estimate of drug-likeness (QED) is 0.761. The van der Waals surface area contributed by atoms with E-state index >= 15 is 0 Å². The molecule has 146 valence electrons. The predicted octanol–water partition coefficient (Wildman–Crippen LogP) is 0.760. The van der Waals surface area contributed by atoms with Crippen LogP contribution < -0.4 is 10.0 Å². The maximum atomic E-state index is 12.4. The monoisotopic (exact) mass is 419 g/mol. The second-order valence-corrected chi connectivity index (χ2v) is 10.3. The smallest absolute Gasteiger partial charge is 0.263 e. The van der Waals surface area contributed by atoms with Gasteiger partial charge in [-0.3, -0.25) is 14.5 Å². The molecule has 2 aliphatic heterocycles. The van der Waals surface area contributed by atoms with Crippen LogP contribution in [0.4, 0.5) is 0 Å². The second kappa shape index (κ2) is 6.71. The molecule has 0 aliphatic carbocycles. The van der Waals surface area contributed by atoms with Crippen molar-refractivity contribution >= 4 is 31.6 Å². The molecule has 0 bridgehead atoms. The molecule has 4 rings (SSSR count). The van der Waals surface area contributed by atoms with Crippen molar-refractivity contribution in [2.24, 2.45) is 4.99 Å². The van der Waals surface area contributed by atoms with Crippen LogP contribution in [0.1, 0.15) is 23.6 Å². The highest BCUT2D eigenvalue weighted by atomic mass is 32.2. The third kappa shape index (κ3) is 3.29. The zero-order valence-electron chi connectivity index (χ0n) is 14.6. The fourth-order valence-corrected chi connectivity index (χ4v) is 6.25. The number of rotatable bonds is 3. The van der Waals surface area contributed by atoms with Gasteiger partial charge in [0.25, 0.3) is 10.0 Å². The van der Waals surface area contributed by atoms with Crippen LogP contribution >= 0.6 is 0 Å². The topological polar surface area (TPSA) is 122 Å². The molecule has 0 saturated heterocycles. The summed E-state index contributed by atoms with van der Waals surface area (Å²) in [6.45, 7) is -0.280. The van der Waals surface area contributed by atoms with Crippen molar-refractivity contribution in [3.63, 3.8) is 0 Å². The summed E-state index contributed by atoms with van der Waals surface area (Å²) in [7, 11) is -7.00. The number of sulfone groups is 1. The molecule has 2 aromatic rings. The highest BCUT2D eigenvalue weighted by Crippen LogP contribution is 2.31. The van der Waals surface area contributed by atoms with Crippen molar-refractivity contribution in [1.82, 2.24) is 10.0 Å². The Morgan fingerprint density at radius 1 is 1.04 bits per heavy atom. The van der Waals surface area contributed by atoms with E-state index in [1.165, 1.54) is 12.1 Å². The van der Waals surface area contributed by atoms with E-state index in [1.807, 2.05) is 0 Å². The van der Waals surface area contributed by atoms with Crippen LogP contribution in [0.5, 0.6) is 0 Å². The fourth-order valence-electron chi connectivity index (χ4n) is 3.38. The fraction of sp³-hybridized carbons (Fsp3) is 0.222. The van der Waals surface area contributed by atoms with E-state index in [0.717, 1.165) is 0 Å². The minimum absolute atomic E-state index is 0.0450. The number of fused-ring (bicyclic) bond motifs is 2. The SMILES string of the molecule is O=C(CN=C1NS(=O)(=O)c2ccccc21)NC1CCS(=O)(=O)c2ccccc21. The number of nitrogens with zero attached hydrogens (tertiary/aromatic N) is 1. The minimum Gasteiger partial charge on any atom is -0.348 e. The summed E-state index contributed by atoms with van der Waals surface area (Å²) < 4.78 is 50.9. The number of amides is 1. The van der Waals surface area contributed by atoms with Gasteiger partial charge in [-0.25, -0.2) is 16.8 Å². The maximum absolute atomic E-state index is 12.4. The van der Waals surface area contributed by atoms with E-state index in [0.29, 0.717) is 11.1 Å². The van der Waals surface area contributed by atoms with Gasteiger partial charge in [0.1, 0.15) is 12.4 Å². The number of carbonyl (C=O) groups excluding carboxylic acids is 1. The normalized spacial score (nSPS) is 22.7. The molecule has 0 saturated carbocycles. The lowest BCUT2D eigenvalue weighted by Gasteiger charge is -2.26. The van der Waals surface area contributed by atoms with E-state index in [9.17, 15) is 21.6 Å². The largest absolute Gasteiger partial charge is 0.348 e. The zero-order chi connectivity index (χ0) is 19.9. The Hall–Kier alpha value is -2.72. The van der Waals surface area contributed by atoms with Gasteiger partial charge in [-0.2, -0.15) is 0 Å². The van der Waals surface area contributed by atoms with Gasteiger partial charge in [-0.05, 0) is 30.2 Å². The molecule has 0 radical (unpaired) electrons. The van der Waals surface area contributed by atoms with Crippen LogP contribution in [0.3, 0.4) is 0 Å². The summed E-state index contributed by atoms with van der Waals surface area (Å²) in [6.07, 6.45) is 0.275. The number of sulfonamides is 1. The van der Waals surface area contributed by atoms with Gasteiger partial charge in [-0.15, -0.1) is 0 Å². The number of hydrogen-bond donors (Lipinski definition) is 2. The van der Waals surface area contributed by atoms with Crippen molar-refractivity contribution in [1.29, 1.82) is 0 Å². The van der Waals surface area contributed by atoms with E-state index in [4.69, 9.17) is 0 Å². The molecule has 10 heteroatoms. The number of amidine groups is 1. The lowest BCUT2D eigenvalue weighted by Crippen LogP contribution is -2.35. The van der Waals surface area contributed by atoms with Crippen LogP contribution in [-0.2, 0) is 24.7 Å². The lowest BCUT2D eigenvalue weighted by molar-refractivity contribution is -0.120. The standard InChI is InChI=1S/C18H17N3O5S2/c22-17(11-19-18-13-6-2-4-8-16(13)28(25,26)21-18)20-14-9-10-27(23,24)15-7-3-1-5-12(14)15/h1-8,14H,9-11H2,(H,19,21)(H,20,22). The van der Waals surface area contributed by atoms with Crippen LogP contribution in [0, 0.1) is 0 Å². The molecule has 0 spiro atoms. The molecule has 28 heavy (non-hydrogen) atoms. The molecule has 0 aromatic heterocycles. The Balaban J connectivity index is 1.52. The molecule has 2 aromatic carbocycles. The van der Waals surface area contributed by atoms with E-state index in [1.54, 1.807) is 36.4 Å². The van der Waals surface area contributed by atoms with Gasteiger partial charge < -0.3 is 5.32 Å². The molecule has 2 N–H and O–H groups in total. The first-order valence-corrected chi connectivity index (χ1v) is 11.7. The van der Waals surface area contributed by atoms with Gasteiger partial charge >= 0.3 is 0 Å². The molecule has 2 heterocycles. The average molecular weight is 419 g/mol. The third-order valence-electron chi connectivity index (χ3n) is 4.68. The van der Waals surface area contributed by atoms with Crippen LogP contribution in [0.2, 0.25) is 0 Å². The van der Waals surface area contributed by atoms with Gasteiger partial charge in [-0.1, -0.05) is 30.3 Å². The first-order valence-electron chi connectivity index (χ1n) is 8.56. The number of benzene rings is 2. The summed E-state index contributed by atoms with van der Waals surface area (Å²) >= 11 is 0. The molecule has 8 nitrogen and oxygen atoms in total. The summed E-state index contributed by atoms with van der Waals surface area (Å²) in [6, 6.07) is 12.6. The van der Waals surface area contributed by atoms with Crippen molar-refractivity contribution in [3.8, 4) is 0 Å². The second-order valence-electron chi connectivity index (χ2n) is 6.53. The molecule has 0 fully saturated rings. The van der Waals surface area contributed by atoms with Gasteiger partial charge in [0.05, 0.1) is 21.6 Å². The number of hydrogen-bond acceptors (Lipinski definition) is 6. The Morgan fingerprint density at radius 3 is 2.50 bits per heavy atom. The Bertz CT molecular complexity index is 1200. The van der Waals surface area contributed by atoms with E-state index in [2.05, 4.69) is 15.0 Å². The van der Waals surface area contributed by atoms with Gasteiger partial charge in [0.15, 0.2) is 9.84 Å². The summed E-state index contributed by atoms with van der Waals surface area (Å²) in [5.41, 5.74) is 0.978. The Kier molecular flexibility index (Phi) is 4.47. The van der Waals surface area contributed by atoms with Crippen molar-refractivity contribution in [3.05, 3.63) is 59.7 Å². The zero-order valence-corrected chi connectivity index (χ0v) is 16.3. The maximum Gasteiger partial charge on any atom is 0.263 e. The summed E-state index contributed by atoms with van der Waals surface area (Å²) in [4.78, 5) is 16.8. The molecule has 1 unspecified atom stereocenters. The summed E-state index contributed by atoms with van der Waals surface area (Å²) in [5, 5.41) is 2.79. The van der Waals surface area contributed by atoms with Crippen LogP contribution in [0.15, 0.2) is 63.3 Å². The molecule has 1 atom stereocenters. The van der Waals surface area contributed by atoms with Crippen LogP contribution in [0.25, 0.3) is 0 Å². The lowest BCUT2D eigenvalue weighted by atomic mass is 10.0. The highest BCUT2D eigenvalue weighted by Gasteiger charge is 2.32. The molecule has 2 aliphatic rings. The first-order chi connectivity index (χ1) is 13.3. The minimum atomic E-state index is -3.66. The molecular formula is C18H17N3O5S2. The number of aliphatic imine (C=N–C) groups is 1. The van der Waals surface area contributed by atoms with Gasteiger partial charge in [0, 0.05) is 5.56 Å². The number of carbonyl (C=O) groups is 1. The van der Waals surface area contributed by atoms with E-state index < -0.39 is 31.8 Å². The number of nitrogens with one attached hydrogen (secondary N) is 2. The van der Waals surface area contributed by atoms with Crippen LogP contribution in [-0.4, -0.2) is 40.9 Å². The molecule has 1 amide bonds. The highest BCUT2D eigenvalue weighted by molar-refractivity contribution is 7.91. The Morgan fingerprint density at radius 2 is 1.71 bits per heavy atom. The van der Waals surface area contributed by atoms with Crippen molar-refractivity contribution in [2.75, 3.05) is 12.3 Å².